The van der Waals surface area contributed by atoms with Gasteiger partial charge in [0, 0.05) is 17.4 Å². The van der Waals surface area contributed by atoms with Crippen LogP contribution in [-0.2, 0) is 6.42 Å². The van der Waals surface area contributed by atoms with Crippen LogP contribution >= 0.6 is 0 Å². The van der Waals surface area contributed by atoms with Crippen molar-refractivity contribution in [3.8, 4) is 0 Å². The molecule has 0 radical (unpaired) electrons. The Balaban J connectivity index is 1.54. The molecule has 0 atom stereocenters. The Labute approximate surface area is 128 Å². The maximum Gasteiger partial charge on any atom is 0.267 e. The fraction of sp³-hybridized carbons (Fsp3) is 0.167. The molecular formula is C18H17FN2O. The Bertz CT molecular complexity index is 780. The van der Waals surface area contributed by atoms with E-state index >= 15 is 0 Å². The molecule has 1 amide bonds. The van der Waals surface area contributed by atoms with Crippen LogP contribution in [0.4, 0.5) is 4.39 Å². The predicted octanol–water partition coefficient (Wildman–Crippen LogP) is 3.67. The summed E-state index contributed by atoms with van der Waals surface area (Å²) < 4.78 is 13.1. The number of hydrogen-bond acceptors (Lipinski definition) is 1. The lowest BCUT2D eigenvalue weighted by Gasteiger charge is -2.04. The molecule has 0 unspecified atom stereocenters. The Morgan fingerprint density at radius 2 is 1.91 bits per heavy atom. The molecule has 0 saturated carbocycles. The van der Waals surface area contributed by atoms with Crippen molar-refractivity contribution in [3.05, 3.63) is 71.7 Å². The number of benzene rings is 2. The molecule has 1 aromatic heterocycles. The van der Waals surface area contributed by atoms with Gasteiger partial charge >= 0.3 is 0 Å². The number of rotatable bonds is 5. The molecule has 3 nitrogen and oxygen atoms in total. The van der Waals surface area contributed by atoms with E-state index in [2.05, 4.69) is 22.4 Å². The normalized spacial score (nSPS) is 10.8. The lowest BCUT2D eigenvalue weighted by Crippen LogP contribution is -2.25. The van der Waals surface area contributed by atoms with Gasteiger partial charge in [-0.1, -0.05) is 30.3 Å². The summed E-state index contributed by atoms with van der Waals surface area (Å²) in [6.07, 6.45) is 1.81. The monoisotopic (exact) mass is 296 g/mol. The van der Waals surface area contributed by atoms with Gasteiger partial charge in [-0.05, 0) is 42.7 Å². The lowest BCUT2D eigenvalue weighted by atomic mass is 10.1. The summed E-state index contributed by atoms with van der Waals surface area (Å²) in [6.45, 7) is 0.609. The summed E-state index contributed by atoms with van der Waals surface area (Å²) in [5.74, 6) is -0.478. The molecule has 3 rings (SSSR count). The van der Waals surface area contributed by atoms with Crippen molar-refractivity contribution in [2.24, 2.45) is 0 Å². The number of aromatic nitrogens is 1. The highest BCUT2D eigenvalue weighted by Gasteiger charge is 2.09. The molecular weight excluding hydrogens is 279 g/mol. The summed E-state index contributed by atoms with van der Waals surface area (Å²) in [4.78, 5) is 15.0. The Hall–Kier alpha value is -2.62. The minimum Gasteiger partial charge on any atom is -0.351 e. The third-order valence-corrected chi connectivity index (χ3v) is 3.60. The SMILES string of the molecule is O=C(NCCCc1ccccc1)c1cc2ccc(F)cc2[nH]1. The molecule has 0 bridgehead atoms. The second-order valence-corrected chi connectivity index (χ2v) is 5.26. The Kier molecular flexibility index (Phi) is 4.19. The Morgan fingerprint density at radius 3 is 2.73 bits per heavy atom. The first kappa shape index (κ1) is 14.3. The quantitative estimate of drug-likeness (QED) is 0.693. The van der Waals surface area contributed by atoms with E-state index in [1.165, 1.54) is 17.7 Å². The van der Waals surface area contributed by atoms with Gasteiger partial charge in [0.1, 0.15) is 11.5 Å². The van der Waals surface area contributed by atoms with E-state index in [1.807, 2.05) is 18.2 Å². The van der Waals surface area contributed by atoms with Crippen LogP contribution in [0.3, 0.4) is 0 Å². The zero-order chi connectivity index (χ0) is 15.4. The summed E-state index contributed by atoms with van der Waals surface area (Å²) in [6, 6.07) is 16.3. The maximum atomic E-state index is 13.1. The van der Waals surface area contributed by atoms with Gasteiger partial charge in [0.25, 0.3) is 5.91 Å². The van der Waals surface area contributed by atoms with E-state index in [-0.39, 0.29) is 11.7 Å². The van der Waals surface area contributed by atoms with Gasteiger partial charge < -0.3 is 10.3 Å². The molecule has 112 valence electrons. The minimum atomic E-state index is -0.316. The second kappa shape index (κ2) is 6.43. The standard InChI is InChI=1S/C18H17FN2O/c19-15-9-8-14-11-17(21-16(14)12-15)18(22)20-10-4-7-13-5-2-1-3-6-13/h1-3,5-6,8-9,11-12,21H,4,7,10H2,(H,20,22). The number of aromatic amines is 1. The third-order valence-electron chi connectivity index (χ3n) is 3.60. The zero-order valence-corrected chi connectivity index (χ0v) is 12.1. The topological polar surface area (TPSA) is 44.9 Å². The molecule has 4 heteroatoms. The number of fused-ring (bicyclic) bond motifs is 1. The van der Waals surface area contributed by atoms with Gasteiger partial charge in [-0.3, -0.25) is 4.79 Å². The number of H-pyrrole nitrogens is 1. The van der Waals surface area contributed by atoms with Crippen LogP contribution in [0, 0.1) is 5.82 Å². The molecule has 1 heterocycles. The highest BCUT2D eigenvalue weighted by Crippen LogP contribution is 2.16. The molecule has 2 aromatic carbocycles. The van der Waals surface area contributed by atoms with Crippen molar-refractivity contribution < 1.29 is 9.18 Å². The average Bonchev–Trinajstić information content (AvgIpc) is 2.95. The molecule has 0 aliphatic rings. The van der Waals surface area contributed by atoms with E-state index in [9.17, 15) is 9.18 Å². The van der Waals surface area contributed by atoms with Gasteiger partial charge in [0.05, 0.1) is 0 Å². The highest BCUT2D eigenvalue weighted by atomic mass is 19.1. The van der Waals surface area contributed by atoms with Gasteiger partial charge in [0.15, 0.2) is 0 Å². The van der Waals surface area contributed by atoms with Crippen LogP contribution in [-0.4, -0.2) is 17.4 Å². The number of amides is 1. The molecule has 22 heavy (non-hydrogen) atoms. The van der Waals surface area contributed by atoms with Crippen molar-refractivity contribution in [3.63, 3.8) is 0 Å². The van der Waals surface area contributed by atoms with E-state index in [4.69, 9.17) is 0 Å². The van der Waals surface area contributed by atoms with Gasteiger partial charge in [-0.15, -0.1) is 0 Å². The molecule has 2 N–H and O–H groups in total. The predicted molar refractivity (Wildman–Crippen MR) is 85.4 cm³/mol. The zero-order valence-electron chi connectivity index (χ0n) is 12.1. The first-order chi connectivity index (χ1) is 10.7. The third kappa shape index (κ3) is 3.34. The van der Waals surface area contributed by atoms with Crippen LogP contribution in [0.5, 0.6) is 0 Å². The van der Waals surface area contributed by atoms with Crippen molar-refractivity contribution in [1.29, 1.82) is 0 Å². The van der Waals surface area contributed by atoms with Crippen molar-refractivity contribution >= 4 is 16.8 Å². The van der Waals surface area contributed by atoms with E-state index < -0.39 is 0 Å². The molecule has 0 aliphatic carbocycles. The van der Waals surface area contributed by atoms with E-state index in [0.29, 0.717) is 17.8 Å². The van der Waals surface area contributed by atoms with E-state index in [1.54, 1.807) is 12.1 Å². The molecule has 3 aromatic rings. The number of carbonyl (C=O) groups is 1. The minimum absolute atomic E-state index is 0.162. The first-order valence-electron chi connectivity index (χ1n) is 7.33. The van der Waals surface area contributed by atoms with Crippen molar-refractivity contribution in [2.75, 3.05) is 6.54 Å². The highest BCUT2D eigenvalue weighted by molar-refractivity contribution is 5.97. The van der Waals surface area contributed by atoms with Crippen molar-refractivity contribution in [1.82, 2.24) is 10.3 Å². The lowest BCUT2D eigenvalue weighted by molar-refractivity contribution is 0.0949. The molecule has 0 fully saturated rings. The maximum absolute atomic E-state index is 13.1. The van der Waals surface area contributed by atoms with Crippen LogP contribution in [0.1, 0.15) is 22.5 Å². The van der Waals surface area contributed by atoms with Gasteiger partial charge in [-0.2, -0.15) is 0 Å². The number of carbonyl (C=O) groups excluding carboxylic acids is 1. The summed E-state index contributed by atoms with van der Waals surface area (Å²) >= 11 is 0. The average molecular weight is 296 g/mol. The first-order valence-corrected chi connectivity index (χ1v) is 7.33. The van der Waals surface area contributed by atoms with Crippen molar-refractivity contribution in [2.45, 2.75) is 12.8 Å². The summed E-state index contributed by atoms with van der Waals surface area (Å²) in [5, 5.41) is 3.71. The molecule has 0 spiro atoms. The number of nitrogens with one attached hydrogen (secondary N) is 2. The van der Waals surface area contributed by atoms with Crippen LogP contribution < -0.4 is 5.32 Å². The fourth-order valence-electron chi connectivity index (χ4n) is 2.46. The number of aryl methyl sites for hydroxylation is 1. The second-order valence-electron chi connectivity index (χ2n) is 5.26. The smallest absolute Gasteiger partial charge is 0.267 e. The summed E-state index contributed by atoms with van der Waals surface area (Å²) in [5.41, 5.74) is 2.35. The van der Waals surface area contributed by atoms with Gasteiger partial charge in [-0.25, -0.2) is 4.39 Å². The molecule has 0 aliphatic heterocycles. The van der Waals surface area contributed by atoms with Gasteiger partial charge in [0.2, 0.25) is 0 Å². The van der Waals surface area contributed by atoms with Crippen LogP contribution in [0.15, 0.2) is 54.6 Å². The number of halogens is 1. The largest absolute Gasteiger partial charge is 0.351 e. The molecule has 0 saturated heterocycles. The fourth-order valence-corrected chi connectivity index (χ4v) is 2.46. The Morgan fingerprint density at radius 1 is 1.09 bits per heavy atom. The van der Waals surface area contributed by atoms with Crippen LogP contribution in [0.2, 0.25) is 0 Å². The van der Waals surface area contributed by atoms with E-state index in [0.717, 1.165) is 18.2 Å². The van der Waals surface area contributed by atoms with Crippen LogP contribution in [0.25, 0.3) is 10.9 Å². The summed E-state index contributed by atoms with van der Waals surface area (Å²) in [7, 11) is 0. The number of hydrogen-bond donors (Lipinski definition) is 2.